The number of carbonyl (C=O) groups is 2. The molecule has 3 aromatic carbocycles. The van der Waals surface area contributed by atoms with Crippen molar-refractivity contribution >= 4 is 17.9 Å². The molecule has 1 heterocycles. The number of benzene rings is 3. The molecule has 0 unspecified atom stereocenters. The Hall–Kier alpha value is -4.41. The molecule has 4 rings (SSSR count). The van der Waals surface area contributed by atoms with E-state index in [1.165, 1.54) is 0 Å². The fourth-order valence-electron chi connectivity index (χ4n) is 4.49. The molecule has 1 amide bonds. The second-order valence-electron chi connectivity index (χ2n) is 11.0. The van der Waals surface area contributed by atoms with E-state index < -0.39 is 23.8 Å². The molecule has 1 aliphatic rings. The molecule has 1 saturated heterocycles. The molecule has 42 heavy (non-hydrogen) atoms. The van der Waals surface area contributed by atoms with Gasteiger partial charge in [-0.05, 0) is 62.6 Å². The summed E-state index contributed by atoms with van der Waals surface area (Å²) < 4.78 is 17.0. The van der Waals surface area contributed by atoms with Gasteiger partial charge in [-0.2, -0.15) is 0 Å². The maximum absolute atomic E-state index is 13.0. The van der Waals surface area contributed by atoms with Crippen LogP contribution < -0.4 is 16.0 Å². The zero-order valence-corrected chi connectivity index (χ0v) is 24.1. The zero-order chi connectivity index (χ0) is 30.1. The molecule has 10 heteroatoms. The lowest BCUT2D eigenvalue weighted by Crippen LogP contribution is -2.40. The number of hydrogen-bond donors (Lipinski definition) is 3. The van der Waals surface area contributed by atoms with Crippen molar-refractivity contribution in [2.75, 3.05) is 19.7 Å². The normalized spacial score (nSPS) is 15.6. The Kier molecular flexibility index (Phi) is 10.2. The average molecular weight is 575 g/mol. The van der Waals surface area contributed by atoms with Crippen LogP contribution in [0.25, 0.3) is 0 Å². The number of rotatable bonds is 10. The van der Waals surface area contributed by atoms with Gasteiger partial charge < -0.3 is 24.4 Å². The average Bonchev–Trinajstić information content (AvgIpc) is 3.45. The fraction of sp³-hybridized carbons (Fsp3) is 0.344. The molecule has 1 aliphatic heterocycles. The molecular weight excluding hydrogens is 536 g/mol. The highest BCUT2D eigenvalue weighted by Crippen LogP contribution is 2.27. The molecule has 0 aromatic heterocycles. The summed E-state index contributed by atoms with van der Waals surface area (Å²) in [6.45, 7) is 6.37. The number of nitrogens with two attached hydrogens (primary N) is 1. The number of nitrogens with one attached hydrogen (secondary N) is 2. The summed E-state index contributed by atoms with van der Waals surface area (Å²) in [5.74, 6) is 5.49. The van der Waals surface area contributed by atoms with Crippen LogP contribution in [0, 0.1) is 5.41 Å². The smallest absolute Gasteiger partial charge is 0.410 e. The first-order valence-corrected chi connectivity index (χ1v) is 13.8. The monoisotopic (exact) mass is 574 g/mol. The molecule has 222 valence electrons. The highest BCUT2D eigenvalue weighted by molar-refractivity contribution is 5.96. The van der Waals surface area contributed by atoms with E-state index in [4.69, 9.17) is 30.4 Å². The van der Waals surface area contributed by atoms with Gasteiger partial charge in [0.25, 0.3) is 0 Å². The van der Waals surface area contributed by atoms with Crippen molar-refractivity contribution in [3.8, 4) is 5.75 Å². The molecule has 10 nitrogen and oxygen atoms in total. The molecule has 1 fully saturated rings. The first-order chi connectivity index (χ1) is 20.1. The van der Waals surface area contributed by atoms with Gasteiger partial charge in [-0.25, -0.2) is 15.5 Å². The Balaban J connectivity index is 1.29. The van der Waals surface area contributed by atoms with E-state index in [-0.39, 0.29) is 24.6 Å². The van der Waals surface area contributed by atoms with Gasteiger partial charge in [0.15, 0.2) is 6.10 Å². The van der Waals surface area contributed by atoms with Gasteiger partial charge in [-0.1, -0.05) is 60.7 Å². The Morgan fingerprint density at radius 3 is 2.12 bits per heavy atom. The Bertz CT molecular complexity index is 1290. The van der Waals surface area contributed by atoms with Gasteiger partial charge in [0, 0.05) is 24.7 Å². The molecule has 0 saturated carbocycles. The van der Waals surface area contributed by atoms with E-state index in [0.717, 1.165) is 17.5 Å². The highest BCUT2D eigenvalue weighted by atomic mass is 16.7. The van der Waals surface area contributed by atoms with Crippen molar-refractivity contribution in [2.24, 2.45) is 5.90 Å². The summed E-state index contributed by atoms with van der Waals surface area (Å²) in [5, 5.41) is 11.6. The van der Waals surface area contributed by atoms with Gasteiger partial charge in [0.1, 0.15) is 23.8 Å². The predicted molar refractivity (Wildman–Crippen MR) is 158 cm³/mol. The lowest BCUT2D eigenvalue weighted by atomic mass is 10.0. The maximum Gasteiger partial charge on any atom is 0.410 e. The number of esters is 1. The van der Waals surface area contributed by atoms with E-state index in [9.17, 15) is 9.59 Å². The quantitative estimate of drug-likeness (QED) is 0.139. The third-order valence-corrected chi connectivity index (χ3v) is 6.60. The number of amides is 1. The Labute approximate surface area is 246 Å². The van der Waals surface area contributed by atoms with Crippen LogP contribution >= 0.6 is 0 Å². The number of nitrogens with zero attached hydrogens (tertiary/aromatic N) is 1. The summed E-state index contributed by atoms with van der Waals surface area (Å²) in [6, 6.07) is 25.7. The molecule has 0 radical (unpaired) electrons. The van der Waals surface area contributed by atoms with Crippen molar-refractivity contribution in [1.29, 1.82) is 5.41 Å². The van der Waals surface area contributed by atoms with Crippen LogP contribution in [-0.2, 0) is 19.1 Å². The van der Waals surface area contributed by atoms with Crippen LogP contribution in [0.1, 0.15) is 50.0 Å². The summed E-state index contributed by atoms with van der Waals surface area (Å²) in [5.41, 5.74) is 1.73. The second kappa shape index (κ2) is 14.0. The van der Waals surface area contributed by atoms with Gasteiger partial charge in [0.05, 0.1) is 0 Å². The third-order valence-electron chi connectivity index (χ3n) is 6.60. The van der Waals surface area contributed by atoms with E-state index in [1.54, 1.807) is 29.2 Å². The number of hydrogen-bond acceptors (Lipinski definition) is 8. The number of ether oxygens (including phenoxy) is 3. The fourth-order valence-corrected chi connectivity index (χ4v) is 4.49. The summed E-state index contributed by atoms with van der Waals surface area (Å²) in [4.78, 5) is 31.9. The lowest BCUT2D eigenvalue weighted by Gasteiger charge is -2.24. The van der Waals surface area contributed by atoms with Crippen molar-refractivity contribution < 1.29 is 28.6 Å². The van der Waals surface area contributed by atoms with Crippen LogP contribution in [0.5, 0.6) is 5.75 Å². The molecular formula is C32H38N4O6. The minimum Gasteiger partial charge on any atom is -0.490 e. The standard InChI is InChI=1S/C32H38N4O6/c1-32(2,3)41-31(38)36-19-18-25(20-36)35-29(33)24-14-16-26(17-15-24)39-21-27(42-34)30(37)40-28(22-10-6-4-7-11-22)23-12-8-5-9-13-23/h4-17,25,27-28H,18-21,34H2,1-3H3,(H2,33,35)/t25-,27-/m0/s1. The lowest BCUT2D eigenvalue weighted by molar-refractivity contribution is -0.163. The Morgan fingerprint density at radius 1 is 0.976 bits per heavy atom. The van der Waals surface area contributed by atoms with Gasteiger partial charge in [-0.3, -0.25) is 10.2 Å². The first-order valence-electron chi connectivity index (χ1n) is 13.8. The molecule has 2 atom stereocenters. The molecule has 4 N–H and O–H groups in total. The van der Waals surface area contributed by atoms with Crippen LogP contribution in [0.3, 0.4) is 0 Å². The summed E-state index contributed by atoms with van der Waals surface area (Å²) in [6.07, 6.45) is -1.42. The van der Waals surface area contributed by atoms with Crippen LogP contribution in [0.2, 0.25) is 0 Å². The molecule has 0 bridgehead atoms. The van der Waals surface area contributed by atoms with Crippen LogP contribution in [0.4, 0.5) is 4.79 Å². The second-order valence-corrected chi connectivity index (χ2v) is 11.0. The molecule has 0 spiro atoms. The van der Waals surface area contributed by atoms with Crippen molar-refractivity contribution in [3.05, 3.63) is 102 Å². The van der Waals surface area contributed by atoms with Crippen molar-refractivity contribution in [1.82, 2.24) is 10.2 Å². The largest absolute Gasteiger partial charge is 0.490 e. The van der Waals surface area contributed by atoms with Crippen LogP contribution in [0.15, 0.2) is 84.9 Å². The predicted octanol–water partition coefficient (Wildman–Crippen LogP) is 4.58. The van der Waals surface area contributed by atoms with Crippen molar-refractivity contribution in [2.45, 2.75) is 51.0 Å². The van der Waals surface area contributed by atoms with E-state index in [1.807, 2.05) is 81.4 Å². The maximum atomic E-state index is 13.0. The molecule has 3 aromatic rings. The minimum atomic E-state index is -1.16. The third kappa shape index (κ3) is 8.55. The first kappa shape index (κ1) is 30.5. The molecule has 0 aliphatic carbocycles. The van der Waals surface area contributed by atoms with Crippen molar-refractivity contribution in [3.63, 3.8) is 0 Å². The van der Waals surface area contributed by atoms with E-state index in [2.05, 4.69) is 5.32 Å². The van der Waals surface area contributed by atoms with E-state index in [0.29, 0.717) is 24.4 Å². The summed E-state index contributed by atoms with van der Waals surface area (Å²) in [7, 11) is 0. The number of carbonyl (C=O) groups excluding carboxylic acids is 2. The van der Waals surface area contributed by atoms with E-state index >= 15 is 0 Å². The zero-order valence-electron chi connectivity index (χ0n) is 24.1. The number of amidine groups is 1. The van der Waals surface area contributed by atoms with Crippen LogP contribution in [-0.4, -0.2) is 60.2 Å². The van der Waals surface area contributed by atoms with Gasteiger partial charge in [0.2, 0.25) is 6.10 Å². The SMILES string of the molecule is CC(C)(C)OC(=O)N1CC[C@H](NC(=N)c2ccc(OC[C@H](ON)C(=O)OC(c3ccccc3)c3ccccc3)cc2)C1. The number of likely N-dealkylation sites (tertiary alicyclic amines) is 1. The minimum absolute atomic E-state index is 0.0509. The van der Waals surface area contributed by atoms with Gasteiger partial charge >= 0.3 is 12.1 Å². The highest BCUT2D eigenvalue weighted by Gasteiger charge is 2.30. The topological polar surface area (TPSA) is 136 Å². The summed E-state index contributed by atoms with van der Waals surface area (Å²) >= 11 is 0. The Morgan fingerprint density at radius 2 is 1.57 bits per heavy atom. The van der Waals surface area contributed by atoms with Gasteiger partial charge in [-0.15, -0.1) is 0 Å².